The largest absolute Gasteiger partial charge is 0.481 e. The van der Waals surface area contributed by atoms with E-state index in [1.54, 1.807) is 0 Å². The summed E-state index contributed by atoms with van der Waals surface area (Å²) in [5, 5.41) is 13.5. The Hall–Kier alpha value is -1.59. The highest BCUT2D eigenvalue weighted by atomic mass is 16.4. The smallest absolute Gasteiger partial charge is 0.305 e. The van der Waals surface area contributed by atoms with Crippen molar-refractivity contribution >= 4 is 17.8 Å². The number of carbonyl (C=O) groups excluding carboxylic acids is 2. The number of carboxylic acid groups (broad SMARTS) is 1. The van der Waals surface area contributed by atoms with Gasteiger partial charge in [0.25, 0.3) is 0 Å². The molecule has 2 amide bonds. The van der Waals surface area contributed by atoms with E-state index in [2.05, 4.69) is 10.6 Å². The Morgan fingerprint density at radius 1 is 0.941 bits per heavy atom. The van der Waals surface area contributed by atoms with Crippen molar-refractivity contribution in [2.45, 2.75) is 39.0 Å². The number of aliphatic carboxylic acids is 1. The van der Waals surface area contributed by atoms with Crippen molar-refractivity contribution in [1.29, 1.82) is 0 Å². The van der Waals surface area contributed by atoms with Gasteiger partial charge >= 0.3 is 5.97 Å². The third-order valence-electron chi connectivity index (χ3n) is 2.04. The fourth-order valence-electron chi connectivity index (χ4n) is 1.16. The van der Waals surface area contributed by atoms with Crippen molar-refractivity contribution in [3.63, 3.8) is 0 Å². The first-order valence-electron chi connectivity index (χ1n) is 5.81. The second-order valence-corrected chi connectivity index (χ2v) is 3.70. The zero-order chi connectivity index (χ0) is 13.1. The number of carboxylic acids is 1. The Labute approximate surface area is 101 Å². The van der Waals surface area contributed by atoms with Gasteiger partial charge in [0.05, 0.1) is 6.42 Å². The Morgan fingerprint density at radius 2 is 1.47 bits per heavy atom. The lowest BCUT2D eigenvalue weighted by atomic mass is 10.2. The first-order valence-corrected chi connectivity index (χ1v) is 5.81. The summed E-state index contributed by atoms with van der Waals surface area (Å²) in [6.45, 7) is 2.76. The van der Waals surface area contributed by atoms with Gasteiger partial charge in [-0.15, -0.1) is 0 Å². The summed E-state index contributed by atoms with van der Waals surface area (Å²) in [6.07, 6.45) is 1.87. The zero-order valence-corrected chi connectivity index (χ0v) is 10.1. The topological polar surface area (TPSA) is 95.5 Å². The molecule has 6 heteroatoms. The van der Waals surface area contributed by atoms with E-state index < -0.39 is 5.97 Å². The molecule has 0 aliphatic rings. The highest BCUT2D eigenvalue weighted by molar-refractivity contribution is 5.79. The molecule has 0 saturated heterocycles. The van der Waals surface area contributed by atoms with E-state index in [1.807, 2.05) is 6.92 Å². The molecule has 0 radical (unpaired) electrons. The molecule has 0 aromatic heterocycles. The van der Waals surface area contributed by atoms with Crippen LogP contribution in [0.4, 0.5) is 0 Å². The molecule has 0 aromatic rings. The Kier molecular flexibility index (Phi) is 8.72. The molecule has 0 fully saturated rings. The summed E-state index contributed by atoms with van der Waals surface area (Å²) < 4.78 is 0. The minimum atomic E-state index is -0.941. The molecule has 0 bridgehead atoms. The van der Waals surface area contributed by atoms with Crippen LogP contribution in [-0.2, 0) is 14.4 Å². The van der Waals surface area contributed by atoms with Crippen LogP contribution >= 0.6 is 0 Å². The fraction of sp³-hybridized carbons (Fsp3) is 0.727. The highest BCUT2D eigenvalue weighted by Gasteiger charge is 2.05. The predicted molar refractivity (Wildman–Crippen MR) is 62.4 cm³/mol. The van der Waals surface area contributed by atoms with Crippen LogP contribution in [0.25, 0.3) is 0 Å². The molecule has 0 spiro atoms. The maximum atomic E-state index is 11.2. The van der Waals surface area contributed by atoms with E-state index in [4.69, 9.17) is 5.11 Å². The minimum absolute atomic E-state index is 0.0508. The maximum absolute atomic E-state index is 11.2. The molecule has 0 aliphatic carbocycles. The molecular formula is C11H20N2O4. The van der Waals surface area contributed by atoms with Crippen LogP contribution in [0.5, 0.6) is 0 Å². The molecule has 0 saturated carbocycles. The SMILES string of the molecule is CCCNC(=O)CCCC(=O)NCCC(=O)O. The molecular weight excluding hydrogens is 224 g/mol. The normalized spacial score (nSPS) is 9.71. The molecule has 0 rings (SSSR count). The van der Waals surface area contributed by atoms with Gasteiger partial charge in [0, 0.05) is 25.9 Å². The van der Waals surface area contributed by atoms with E-state index in [0.717, 1.165) is 6.42 Å². The number of carbonyl (C=O) groups is 3. The quantitative estimate of drug-likeness (QED) is 0.542. The number of hydrogen-bond acceptors (Lipinski definition) is 3. The second-order valence-electron chi connectivity index (χ2n) is 3.70. The lowest BCUT2D eigenvalue weighted by molar-refractivity contribution is -0.137. The van der Waals surface area contributed by atoms with Crippen molar-refractivity contribution in [3.8, 4) is 0 Å². The molecule has 0 aromatic carbocycles. The Bertz CT molecular complexity index is 266. The minimum Gasteiger partial charge on any atom is -0.481 e. The van der Waals surface area contributed by atoms with Crippen LogP contribution < -0.4 is 10.6 Å². The summed E-state index contributed by atoms with van der Waals surface area (Å²) in [5.74, 6) is -1.20. The first kappa shape index (κ1) is 15.4. The van der Waals surface area contributed by atoms with Gasteiger partial charge in [-0.3, -0.25) is 14.4 Å². The Morgan fingerprint density at radius 3 is 1.94 bits per heavy atom. The Balaban J connectivity index is 3.44. The monoisotopic (exact) mass is 244 g/mol. The van der Waals surface area contributed by atoms with E-state index in [9.17, 15) is 14.4 Å². The van der Waals surface area contributed by atoms with Crippen molar-refractivity contribution in [1.82, 2.24) is 10.6 Å². The molecule has 0 atom stereocenters. The van der Waals surface area contributed by atoms with Crippen molar-refractivity contribution in [2.75, 3.05) is 13.1 Å². The third kappa shape index (κ3) is 10.7. The average molecular weight is 244 g/mol. The summed E-state index contributed by atoms with van der Waals surface area (Å²) in [5.41, 5.74) is 0. The molecule has 0 heterocycles. The van der Waals surface area contributed by atoms with Crippen LogP contribution in [0, 0.1) is 0 Å². The van der Waals surface area contributed by atoms with Crippen LogP contribution in [0.15, 0.2) is 0 Å². The molecule has 98 valence electrons. The summed E-state index contributed by atoms with van der Waals surface area (Å²) in [7, 11) is 0. The van der Waals surface area contributed by atoms with E-state index in [0.29, 0.717) is 19.4 Å². The predicted octanol–water partition coefficient (Wildman–Crippen LogP) is 0.274. The summed E-state index contributed by atoms with van der Waals surface area (Å²) in [4.78, 5) is 32.5. The number of nitrogens with one attached hydrogen (secondary N) is 2. The highest BCUT2D eigenvalue weighted by Crippen LogP contribution is 1.95. The van der Waals surface area contributed by atoms with E-state index in [-0.39, 0.29) is 31.2 Å². The van der Waals surface area contributed by atoms with Gasteiger partial charge in [0.15, 0.2) is 0 Å². The van der Waals surface area contributed by atoms with Crippen molar-refractivity contribution in [3.05, 3.63) is 0 Å². The van der Waals surface area contributed by atoms with Gasteiger partial charge < -0.3 is 15.7 Å². The number of amides is 2. The second kappa shape index (κ2) is 9.62. The van der Waals surface area contributed by atoms with Crippen LogP contribution in [0.3, 0.4) is 0 Å². The number of rotatable bonds is 9. The fourth-order valence-corrected chi connectivity index (χ4v) is 1.16. The van der Waals surface area contributed by atoms with Gasteiger partial charge in [-0.2, -0.15) is 0 Å². The molecule has 17 heavy (non-hydrogen) atoms. The standard InChI is InChI=1S/C11H20N2O4/c1-2-7-12-9(14)4-3-5-10(15)13-8-6-11(16)17/h2-8H2,1H3,(H,12,14)(H,13,15)(H,16,17). The first-order chi connectivity index (χ1) is 8.06. The van der Waals surface area contributed by atoms with Gasteiger partial charge in [0.2, 0.25) is 11.8 Å². The van der Waals surface area contributed by atoms with E-state index >= 15 is 0 Å². The number of hydrogen-bond donors (Lipinski definition) is 3. The van der Waals surface area contributed by atoms with Gasteiger partial charge in [-0.1, -0.05) is 6.92 Å². The third-order valence-corrected chi connectivity index (χ3v) is 2.04. The van der Waals surface area contributed by atoms with Crippen LogP contribution in [-0.4, -0.2) is 36.0 Å². The van der Waals surface area contributed by atoms with Gasteiger partial charge in [0.1, 0.15) is 0 Å². The molecule has 6 nitrogen and oxygen atoms in total. The van der Waals surface area contributed by atoms with Crippen LogP contribution in [0.1, 0.15) is 39.0 Å². The van der Waals surface area contributed by atoms with Crippen molar-refractivity contribution in [2.24, 2.45) is 0 Å². The molecule has 0 unspecified atom stereocenters. The molecule has 3 N–H and O–H groups in total. The molecule has 0 aliphatic heterocycles. The zero-order valence-electron chi connectivity index (χ0n) is 10.1. The van der Waals surface area contributed by atoms with Crippen LogP contribution in [0.2, 0.25) is 0 Å². The lowest BCUT2D eigenvalue weighted by Crippen LogP contribution is -2.27. The maximum Gasteiger partial charge on any atom is 0.305 e. The lowest BCUT2D eigenvalue weighted by Gasteiger charge is -2.04. The van der Waals surface area contributed by atoms with Crippen molar-refractivity contribution < 1.29 is 19.5 Å². The summed E-state index contributed by atoms with van der Waals surface area (Å²) in [6, 6.07) is 0. The van der Waals surface area contributed by atoms with Gasteiger partial charge in [-0.25, -0.2) is 0 Å². The van der Waals surface area contributed by atoms with E-state index in [1.165, 1.54) is 0 Å². The van der Waals surface area contributed by atoms with Gasteiger partial charge in [-0.05, 0) is 12.8 Å². The average Bonchev–Trinajstić information content (AvgIpc) is 2.25. The summed E-state index contributed by atoms with van der Waals surface area (Å²) >= 11 is 0.